The van der Waals surface area contributed by atoms with Crippen LogP contribution in [0.4, 0.5) is 5.69 Å². The fourth-order valence-corrected chi connectivity index (χ4v) is 5.39. The van der Waals surface area contributed by atoms with Gasteiger partial charge in [0.05, 0.1) is 24.6 Å². The number of methoxy groups -OCH3 is 1. The Morgan fingerprint density at radius 3 is 2.06 bits per heavy atom. The average Bonchev–Trinajstić information content (AvgIpc) is 3.35. The maximum atomic E-state index is 13.9. The Balaban J connectivity index is 1.72. The van der Waals surface area contributed by atoms with Crippen LogP contribution in [0, 0.1) is 11.8 Å². The summed E-state index contributed by atoms with van der Waals surface area (Å²) in [5.74, 6) is -3.37. The standard InChI is InChI=1S/C26H20Cl2N2O4/c1-34-25(33)26(16-5-3-2-4-6-16)21-20(22(29-26)15-7-9-17(27)10-8-15)23(31)30(24(21)32)19-13-11-18(28)12-14-19/h2-14,20-22,29H,1H3/t20-,21-,22-,26-/m1/s1. The number of hydrogen-bond acceptors (Lipinski definition) is 5. The van der Waals surface area contributed by atoms with Gasteiger partial charge in [-0.2, -0.15) is 0 Å². The number of ether oxygens (including phenoxy) is 1. The molecule has 2 fully saturated rings. The predicted molar refractivity (Wildman–Crippen MR) is 128 cm³/mol. The zero-order valence-corrected chi connectivity index (χ0v) is 19.6. The Bertz CT molecular complexity index is 1260. The van der Waals surface area contributed by atoms with Crippen LogP contribution in [-0.4, -0.2) is 24.9 Å². The van der Waals surface area contributed by atoms with E-state index in [1.54, 1.807) is 72.8 Å². The summed E-state index contributed by atoms with van der Waals surface area (Å²) in [5.41, 5.74) is 0.127. The molecule has 0 unspecified atom stereocenters. The van der Waals surface area contributed by atoms with Gasteiger partial charge < -0.3 is 4.74 Å². The van der Waals surface area contributed by atoms with E-state index in [4.69, 9.17) is 27.9 Å². The summed E-state index contributed by atoms with van der Waals surface area (Å²) in [6, 6.07) is 21.7. The van der Waals surface area contributed by atoms with Gasteiger partial charge in [0.1, 0.15) is 0 Å². The Hall–Kier alpha value is -3.19. The van der Waals surface area contributed by atoms with Gasteiger partial charge >= 0.3 is 5.97 Å². The lowest BCUT2D eigenvalue weighted by atomic mass is 9.75. The molecule has 5 rings (SSSR count). The number of carbonyl (C=O) groups excluding carboxylic acids is 3. The molecule has 4 atom stereocenters. The van der Waals surface area contributed by atoms with Crippen molar-refractivity contribution in [3.63, 3.8) is 0 Å². The minimum Gasteiger partial charge on any atom is -0.467 e. The van der Waals surface area contributed by atoms with E-state index in [0.29, 0.717) is 21.3 Å². The van der Waals surface area contributed by atoms with Gasteiger partial charge in [0, 0.05) is 16.1 Å². The highest BCUT2D eigenvalue weighted by Crippen LogP contribution is 2.54. The quantitative estimate of drug-likeness (QED) is 0.426. The van der Waals surface area contributed by atoms with Crippen LogP contribution >= 0.6 is 23.2 Å². The molecule has 2 saturated heterocycles. The number of nitrogens with zero attached hydrogens (tertiary/aromatic N) is 1. The van der Waals surface area contributed by atoms with Crippen LogP contribution in [0.5, 0.6) is 0 Å². The number of amides is 2. The van der Waals surface area contributed by atoms with Gasteiger partial charge in [-0.3, -0.25) is 14.9 Å². The number of imide groups is 1. The summed E-state index contributed by atoms with van der Waals surface area (Å²) in [4.78, 5) is 42.3. The summed E-state index contributed by atoms with van der Waals surface area (Å²) >= 11 is 12.1. The molecular weight excluding hydrogens is 475 g/mol. The summed E-state index contributed by atoms with van der Waals surface area (Å²) in [7, 11) is 1.28. The summed E-state index contributed by atoms with van der Waals surface area (Å²) in [5, 5.41) is 4.37. The highest BCUT2D eigenvalue weighted by atomic mass is 35.5. The third-order valence-corrected chi connectivity index (χ3v) is 7.11. The number of fused-ring (bicyclic) bond motifs is 1. The van der Waals surface area contributed by atoms with E-state index >= 15 is 0 Å². The van der Waals surface area contributed by atoms with E-state index in [1.807, 2.05) is 6.07 Å². The van der Waals surface area contributed by atoms with Crippen LogP contribution in [0.1, 0.15) is 17.2 Å². The predicted octanol–water partition coefficient (Wildman–Crippen LogP) is 4.51. The molecule has 2 amide bonds. The largest absolute Gasteiger partial charge is 0.467 e. The van der Waals surface area contributed by atoms with Crippen LogP contribution in [0.3, 0.4) is 0 Å². The second-order valence-electron chi connectivity index (χ2n) is 8.33. The topological polar surface area (TPSA) is 75.7 Å². The zero-order chi connectivity index (χ0) is 24.0. The molecule has 172 valence electrons. The van der Waals surface area contributed by atoms with Crippen molar-refractivity contribution in [2.45, 2.75) is 11.6 Å². The molecule has 34 heavy (non-hydrogen) atoms. The van der Waals surface area contributed by atoms with Crippen LogP contribution in [0.15, 0.2) is 78.9 Å². The molecule has 1 N–H and O–H groups in total. The smallest absolute Gasteiger partial charge is 0.331 e. The van der Waals surface area contributed by atoms with Gasteiger partial charge in [-0.1, -0.05) is 65.7 Å². The first-order valence-corrected chi connectivity index (χ1v) is 11.4. The van der Waals surface area contributed by atoms with Crippen molar-refractivity contribution in [3.8, 4) is 0 Å². The van der Waals surface area contributed by atoms with Crippen molar-refractivity contribution >= 4 is 46.7 Å². The van der Waals surface area contributed by atoms with E-state index in [1.165, 1.54) is 7.11 Å². The molecule has 8 heteroatoms. The molecule has 3 aromatic rings. The molecule has 2 aliphatic rings. The first-order valence-electron chi connectivity index (χ1n) is 10.7. The lowest BCUT2D eigenvalue weighted by Gasteiger charge is -2.33. The molecule has 2 heterocycles. The van der Waals surface area contributed by atoms with Gasteiger partial charge in [-0.25, -0.2) is 9.69 Å². The van der Waals surface area contributed by atoms with E-state index in [-0.39, 0.29) is 0 Å². The number of rotatable bonds is 4. The summed E-state index contributed by atoms with van der Waals surface area (Å²) < 4.78 is 5.22. The van der Waals surface area contributed by atoms with Crippen LogP contribution in [0.25, 0.3) is 0 Å². The van der Waals surface area contributed by atoms with Gasteiger partial charge in [0.2, 0.25) is 11.8 Å². The fourth-order valence-electron chi connectivity index (χ4n) is 5.14. The molecule has 6 nitrogen and oxygen atoms in total. The first kappa shape index (κ1) is 22.6. The third-order valence-electron chi connectivity index (χ3n) is 6.61. The number of anilines is 1. The van der Waals surface area contributed by atoms with Crippen molar-refractivity contribution in [2.75, 3.05) is 12.0 Å². The van der Waals surface area contributed by atoms with Crippen LogP contribution in [-0.2, 0) is 24.7 Å². The van der Waals surface area contributed by atoms with Crippen molar-refractivity contribution in [2.24, 2.45) is 11.8 Å². The Kier molecular flexibility index (Phi) is 5.68. The average molecular weight is 495 g/mol. The van der Waals surface area contributed by atoms with Gasteiger partial charge in [0.15, 0.2) is 5.54 Å². The minimum absolute atomic E-state index is 0.397. The van der Waals surface area contributed by atoms with Gasteiger partial charge in [0.25, 0.3) is 0 Å². The van der Waals surface area contributed by atoms with Crippen molar-refractivity contribution in [3.05, 3.63) is 100 Å². The Labute approximate surface area is 206 Å². The maximum Gasteiger partial charge on any atom is 0.331 e. The lowest BCUT2D eigenvalue weighted by Crippen LogP contribution is -2.53. The summed E-state index contributed by atoms with van der Waals surface area (Å²) in [6.45, 7) is 0. The van der Waals surface area contributed by atoms with Crippen LogP contribution in [0.2, 0.25) is 10.0 Å². The van der Waals surface area contributed by atoms with Crippen LogP contribution < -0.4 is 10.2 Å². The minimum atomic E-state index is -1.56. The molecule has 0 bridgehead atoms. The van der Waals surface area contributed by atoms with E-state index in [2.05, 4.69) is 5.32 Å². The number of carbonyl (C=O) groups is 3. The zero-order valence-electron chi connectivity index (χ0n) is 18.1. The second kappa shape index (κ2) is 8.55. The second-order valence-corrected chi connectivity index (χ2v) is 9.20. The summed E-state index contributed by atoms with van der Waals surface area (Å²) in [6.07, 6.45) is 0. The lowest BCUT2D eigenvalue weighted by molar-refractivity contribution is -0.152. The Morgan fingerprint density at radius 1 is 0.882 bits per heavy atom. The van der Waals surface area contributed by atoms with E-state index in [0.717, 1.165) is 10.5 Å². The number of esters is 1. The Morgan fingerprint density at radius 2 is 1.47 bits per heavy atom. The molecule has 0 saturated carbocycles. The third kappa shape index (κ3) is 3.33. The molecule has 0 aromatic heterocycles. The number of hydrogen-bond donors (Lipinski definition) is 1. The molecule has 0 spiro atoms. The normalized spacial score (nSPS) is 26.0. The van der Waals surface area contributed by atoms with Gasteiger partial charge in [-0.15, -0.1) is 0 Å². The number of nitrogens with one attached hydrogen (secondary N) is 1. The number of benzene rings is 3. The molecule has 3 aromatic carbocycles. The maximum absolute atomic E-state index is 13.9. The fraction of sp³-hybridized carbons (Fsp3) is 0.192. The molecular formula is C26H20Cl2N2O4. The SMILES string of the molecule is COC(=O)[C@]1(c2ccccc2)N[C@H](c2ccc(Cl)cc2)[C@@H]2C(=O)N(c3ccc(Cl)cc3)C(=O)[C@@H]21. The monoisotopic (exact) mass is 494 g/mol. The van der Waals surface area contributed by atoms with Crippen molar-refractivity contribution in [1.82, 2.24) is 5.32 Å². The van der Waals surface area contributed by atoms with E-state index < -0.39 is 41.2 Å². The molecule has 0 radical (unpaired) electrons. The molecule has 2 aliphatic heterocycles. The highest BCUT2D eigenvalue weighted by Gasteiger charge is 2.69. The number of halogens is 2. The van der Waals surface area contributed by atoms with Crippen molar-refractivity contribution in [1.29, 1.82) is 0 Å². The highest BCUT2D eigenvalue weighted by molar-refractivity contribution is 6.31. The van der Waals surface area contributed by atoms with Crippen molar-refractivity contribution < 1.29 is 19.1 Å². The van der Waals surface area contributed by atoms with Gasteiger partial charge in [-0.05, 0) is 47.5 Å². The first-order chi connectivity index (χ1) is 16.4. The molecule has 0 aliphatic carbocycles. The van der Waals surface area contributed by atoms with E-state index in [9.17, 15) is 14.4 Å².